The number of carbonyl (C=O) groups excluding carboxylic acids is 2. The fourth-order valence-corrected chi connectivity index (χ4v) is 3.71. The Morgan fingerprint density at radius 3 is 2.33 bits per heavy atom. The minimum atomic E-state index is -0.223. The average molecular weight is 412 g/mol. The molecule has 162 valence electrons. The van der Waals surface area contributed by atoms with Crippen LogP contribution < -0.4 is 16.4 Å². The maximum atomic E-state index is 12.8. The highest BCUT2D eigenvalue weighted by molar-refractivity contribution is 6.04. The normalized spacial score (nSPS) is 19.4. The van der Waals surface area contributed by atoms with Gasteiger partial charge in [0.05, 0.1) is 5.69 Å². The second kappa shape index (κ2) is 8.60. The Bertz CT molecular complexity index is 934. The molecule has 0 unspecified atom stereocenters. The van der Waals surface area contributed by atoms with Crippen LogP contribution in [0.25, 0.3) is 0 Å². The fraction of sp³-hybridized carbons (Fsp3) is 0.522. The molecule has 1 saturated carbocycles. The van der Waals surface area contributed by atoms with Crippen LogP contribution in [0.15, 0.2) is 24.3 Å². The van der Waals surface area contributed by atoms with Gasteiger partial charge in [-0.2, -0.15) is 5.10 Å². The van der Waals surface area contributed by atoms with Crippen LogP contribution in [0.4, 0.5) is 5.69 Å². The van der Waals surface area contributed by atoms with Crippen molar-refractivity contribution in [1.82, 2.24) is 15.1 Å². The zero-order chi connectivity index (χ0) is 22.1. The molecule has 1 aromatic carbocycles. The van der Waals surface area contributed by atoms with E-state index in [0.29, 0.717) is 16.9 Å². The van der Waals surface area contributed by atoms with Crippen LogP contribution in [-0.4, -0.2) is 33.7 Å². The summed E-state index contributed by atoms with van der Waals surface area (Å²) in [5.74, 6) is -0.308. The molecule has 1 fully saturated rings. The number of amides is 2. The average Bonchev–Trinajstić information content (AvgIpc) is 3.07. The molecule has 1 aromatic heterocycles. The van der Waals surface area contributed by atoms with Gasteiger partial charge in [0.1, 0.15) is 5.69 Å². The summed E-state index contributed by atoms with van der Waals surface area (Å²) in [6, 6.07) is 7.59. The highest BCUT2D eigenvalue weighted by Gasteiger charge is 2.23. The number of benzene rings is 1. The molecule has 0 atom stereocenters. The first kappa shape index (κ1) is 22.0. The lowest BCUT2D eigenvalue weighted by Gasteiger charge is -2.26. The molecule has 0 aliphatic heterocycles. The highest BCUT2D eigenvalue weighted by Crippen LogP contribution is 2.23. The first-order valence-corrected chi connectivity index (χ1v) is 10.6. The first-order chi connectivity index (χ1) is 14.0. The third-order valence-electron chi connectivity index (χ3n) is 5.72. The molecule has 1 heterocycles. The first-order valence-electron chi connectivity index (χ1n) is 10.6. The summed E-state index contributed by atoms with van der Waals surface area (Å²) in [7, 11) is 1.77. The summed E-state index contributed by atoms with van der Waals surface area (Å²) >= 11 is 0. The molecule has 7 nitrogen and oxygen atoms in total. The fourth-order valence-electron chi connectivity index (χ4n) is 3.71. The zero-order valence-electron chi connectivity index (χ0n) is 18.6. The van der Waals surface area contributed by atoms with E-state index in [1.807, 2.05) is 19.1 Å². The van der Waals surface area contributed by atoms with Crippen LogP contribution in [-0.2, 0) is 12.5 Å². The lowest BCUT2D eigenvalue weighted by atomic mass is 9.91. The molecule has 3 rings (SSSR count). The van der Waals surface area contributed by atoms with Crippen LogP contribution in [0.2, 0.25) is 0 Å². The Kier molecular flexibility index (Phi) is 6.31. The van der Waals surface area contributed by atoms with E-state index in [1.54, 1.807) is 23.9 Å². The molecule has 2 aromatic rings. The summed E-state index contributed by atoms with van der Waals surface area (Å²) in [5.41, 5.74) is 9.27. The van der Waals surface area contributed by atoms with Gasteiger partial charge >= 0.3 is 0 Å². The van der Waals surface area contributed by atoms with Gasteiger partial charge in [0.25, 0.3) is 11.8 Å². The molecule has 2 amide bonds. The van der Waals surface area contributed by atoms with Crippen molar-refractivity contribution >= 4 is 17.5 Å². The number of aromatic nitrogens is 2. The maximum absolute atomic E-state index is 12.8. The second-order valence-corrected chi connectivity index (χ2v) is 9.36. The number of aryl methyl sites for hydroxylation is 2. The van der Waals surface area contributed by atoms with E-state index in [2.05, 4.69) is 36.5 Å². The van der Waals surface area contributed by atoms with Gasteiger partial charge in [-0.05, 0) is 62.4 Å². The molecule has 7 heteroatoms. The van der Waals surface area contributed by atoms with Gasteiger partial charge in [-0.15, -0.1) is 0 Å². The van der Waals surface area contributed by atoms with Gasteiger partial charge in [0.15, 0.2) is 0 Å². The lowest BCUT2D eigenvalue weighted by Crippen LogP contribution is -2.40. The van der Waals surface area contributed by atoms with Gasteiger partial charge in [0.2, 0.25) is 0 Å². The van der Waals surface area contributed by atoms with Crippen LogP contribution in [0.3, 0.4) is 0 Å². The summed E-state index contributed by atoms with van der Waals surface area (Å²) in [6.45, 7) is 8.07. The van der Waals surface area contributed by atoms with Crippen molar-refractivity contribution < 1.29 is 9.59 Å². The van der Waals surface area contributed by atoms with Gasteiger partial charge in [-0.25, -0.2) is 0 Å². The lowest BCUT2D eigenvalue weighted by molar-refractivity contribution is 0.0925. The second-order valence-electron chi connectivity index (χ2n) is 9.36. The Labute approximate surface area is 178 Å². The zero-order valence-corrected chi connectivity index (χ0v) is 18.6. The molecular weight excluding hydrogens is 378 g/mol. The summed E-state index contributed by atoms with van der Waals surface area (Å²) in [6.07, 6.45) is 3.72. The van der Waals surface area contributed by atoms with Crippen molar-refractivity contribution in [1.29, 1.82) is 0 Å². The quantitative estimate of drug-likeness (QED) is 0.718. The van der Waals surface area contributed by atoms with E-state index in [4.69, 9.17) is 5.73 Å². The third-order valence-corrected chi connectivity index (χ3v) is 5.72. The minimum absolute atomic E-state index is 0.0853. The van der Waals surface area contributed by atoms with Crippen LogP contribution in [0.5, 0.6) is 0 Å². The number of carbonyl (C=O) groups is 2. The van der Waals surface area contributed by atoms with Crippen LogP contribution >= 0.6 is 0 Å². The molecule has 30 heavy (non-hydrogen) atoms. The SMILES string of the molecule is Cc1cc(C(=O)NC2CCC(N)CC2)ccc1NC(=O)c1cc(C(C)(C)C)nn1C. The number of nitrogens with zero attached hydrogens (tertiary/aromatic N) is 2. The smallest absolute Gasteiger partial charge is 0.273 e. The predicted molar refractivity (Wildman–Crippen MR) is 119 cm³/mol. The number of hydrogen-bond acceptors (Lipinski definition) is 4. The van der Waals surface area contributed by atoms with Crippen molar-refractivity contribution in [3.05, 3.63) is 46.8 Å². The Balaban J connectivity index is 1.67. The standard InChI is InChI=1S/C23H33N5O2/c1-14-12-15(21(29)25-17-9-7-16(24)8-10-17)6-11-18(14)26-22(30)19-13-20(23(2,3)4)27-28(19)5/h6,11-13,16-17H,7-10,24H2,1-5H3,(H,25,29)(H,26,30). The van der Waals surface area contributed by atoms with Crippen molar-refractivity contribution in [3.8, 4) is 0 Å². The van der Waals surface area contributed by atoms with Crippen LogP contribution in [0.1, 0.15) is 78.6 Å². The molecular formula is C23H33N5O2. The van der Waals surface area contributed by atoms with E-state index in [0.717, 1.165) is 36.9 Å². The Hall–Kier alpha value is -2.67. The molecule has 0 spiro atoms. The Morgan fingerprint density at radius 2 is 1.77 bits per heavy atom. The van der Waals surface area contributed by atoms with Crippen molar-refractivity contribution in [2.75, 3.05) is 5.32 Å². The topological polar surface area (TPSA) is 102 Å². The van der Waals surface area contributed by atoms with Gasteiger partial charge < -0.3 is 16.4 Å². The van der Waals surface area contributed by atoms with E-state index < -0.39 is 0 Å². The van der Waals surface area contributed by atoms with Crippen molar-refractivity contribution in [2.45, 2.75) is 70.9 Å². The molecule has 4 N–H and O–H groups in total. The highest BCUT2D eigenvalue weighted by atomic mass is 16.2. The monoisotopic (exact) mass is 411 g/mol. The van der Waals surface area contributed by atoms with E-state index in [-0.39, 0.29) is 29.3 Å². The number of nitrogens with one attached hydrogen (secondary N) is 2. The molecule has 0 radical (unpaired) electrons. The molecule has 1 aliphatic rings. The molecule has 0 bridgehead atoms. The van der Waals surface area contributed by atoms with E-state index >= 15 is 0 Å². The van der Waals surface area contributed by atoms with Gasteiger partial charge in [-0.3, -0.25) is 14.3 Å². The predicted octanol–water partition coefficient (Wildman–Crippen LogP) is 3.28. The van der Waals surface area contributed by atoms with Crippen molar-refractivity contribution in [2.24, 2.45) is 12.8 Å². The molecule has 0 saturated heterocycles. The van der Waals surface area contributed by atoms with Crippen molar-refractivity contribution in [3.63, 3.8) is 0 Å². The maximum Gasteiger partial charge on any atom is 0.273 e. The Morgan fingerprint density at radius 1 is 1.10 bits per heavy atom. The number of anilines is 1. The van der Waals surface area contributed by atoms with E-state index in [9.17, 15) is 9.59 Å². The summed E-state index contributed by atoms with van der Waals surface area (Å²) < 4.78 is 1.60. The van der Waals surface area contributed by atoms with Gasteiger partial charge in [0, 0.05) is 35.8 Å². The largest absolute Gasteiger partial charge is 0.349 e. The number of hydrogen-bond donors (Lipinski definition) is 3. The van der Waals surface area contributed by atoms with E-state index in [1.165, 1.54) is 0 Å². The summed E-state index contributed by atoms with van der Waals surface area (Å²) in [4.78, 5) is 25.4. The number of nitrogens with two attached hydrogens (primary N) is 1. The molecule has 1 aliphatic carbocycles. The summed E-state index contributed by atoms with van der Waals surface area (Å²) in [5, 5.41) is 10.5. The third kappa shape index (κ3) is 5.08. The minimum Gasteiger partial charge on any atom is -0.349 e. The number of rotatable bonds is 4. The van der Waals surface area contributed by atoms with Gasteiger partial charge in [-0.1, -0.05) is 20.8 Å². The van der Waals surface area contributed by atoms with Crippen LogP contribution in [0, 0.1) is 6.92 Å².